The van der Waals surface area contributed by atoms with E-state index in [1.54, 1.807) is 17.3 Å². The maximum Gasteiger partial charge on any atom is 0.233 e. The molecule has 1 saturated carbocycles. The van der Waals surface area contributed by atoms with Crippen LogP contribution in [0.15, 0.2) is 53.9 Å². The van der Waals surface area contributed by atoms with Crippen LogP contribution in [-0.2, 0) is 11.3 Å². The highest BCUT2D eigenvalue weighted by molar-refractivity contribution is 7.99. The molecule has 8 heteroatoms. The summed E-state index contributed by atoms with van der Waals surface area (Å²) < 4.78 is 7.62. The van der Waals surface area contributed by atoms with Crippen LogP contribution in [0.2, 0.25) is 0 Å². The Hall–Kier alpha value is -2.87. The lowest BCUT2D eigenvalue weighted by molar-refractivity contribution is -0.127. The first-order valence-electron chi connectivity index (χ1n) is 10.1. The Morgan fingerprint density at radius 3 is 2.70 bits per heavy atom. The van der Waals surface area contributed by atoms with Crippen molar-refractivity contribution in [3.05, 3.63) is 54.4 Å². The summed E-state index contributed by atoms with van der Waals surface area (Å²) in [6, 6.07) is 12.1. The normalized spacial score (nSPS) is 13.3. The van der Waals surface area contributed by atoms with Crippen molar-refractivity contribution >= 4 is 17.7 Å². The van der Waals surface area contributed by atoms with Crippen molar-refractivity contribution in [3.63, 3.8) is 0 Å². The van der Waals surface area contributed by atoms with Crippen molar-refractivity contribution in [2.45, 2.75) is 37.5 Å². The van der Waals surface area contributed by atoms with E-state index in [-0.39, 0.29) is 5.91 Å². The first-order valence-corrected chi connectivity index (χ1v) is 11.1. The van der Waals surface area contributed by atoms with Gasteiger partial charge in [0.15, 0.2) is 11.0 Å². The van der Waals surface area contributed by atoms with Crippen LogP contribution < -0.4 is 4.74 Å². The molecule has 0 radical (unpaired) electrons. The van der Waals surface area contributed by atoms with Gasteiger partial charge in [0, 0.05) is 37.6 Å². The predicted octanol–water partition coefficient (Wildman–Crippen LogP) is 3.82. The molecular weight excluding hydrogens is 398 g/mol. The molecule has 0 saturated heterocycles. The molecule has 30 heavy (non-hydrogen) atoms. The number of ether oxygens (including phenoxy) is 1. The van der Waals surface area contributed by atoms with Crippen LogP contribution in [0.1, 0.15) is 31.4 Å². The number of carbonyl (C=O) groups excluding carboxylic acids is 1. The zero-order valence-electron chi connectivity index (χ0n) is 17.2. The summed E-state index contributed by atoms with van der Waals surface area (Å²) in [6.07, 6.45) is 5.78. The number of nitrogens with zero attached hydrogens (tertiary/aromatic N) is 5. The Morgan fingerprint density at radius 2 is 2.03 bits per heavy atom. The highest BCUT2D eigenvalue weighted by atomic mass is 32.2. The van der Waals surface area contributed by atoms with E-state index < -0.39 is 0 Å². The maximum atomic E-state index is 12.7. The Labute approximate surface area is 180 Å². The molecule has 2 heterocycles. The van der Waals surface area contributed by atoms with E-state index in [1.165, 1.54) is 11.8 Å². The minimum Gasteiger partial charge on any atom is -0.494 e. The molecule has 4 rings (SSSR count). The number of hydrogen-bond donors (Lipinski definition) is 0. The fourth-order valence-corrected chi connectivity index (χ4v) is 4.13. The summed E-state index contributed by atoms with van der Waals surface area (Å²) in [5.74, 6) is 2.05. The third kappa shape index (κ3) is 4.81. The minimum atomic E-state index is 0.0576. The fourth-order valence-electron chi connectivity index (χ4n) is 3.19. The predicted molar refractivity (Wildman–Crippen MR) is 116 cm³/mol. The van der Waals surface area contributed by atoms with Gasteiger partial charge in [0.1, 0.15) is 5.75 Å². The van der Waals surface area contributed by atoms with Crippen LogP contribution in [0.25, 0.3) is 11.4 Å². The van der Waals surface area contributed by atoms with E-state index in [1.807, 2.05) is 50.4 Å². The number of benzene rings is 1. The van der Waals surface area contributed by atoms with Crippen LogP contribution >= 0.6 is 11.8 Å². The SMILES string of the molecule is CCOc1ccc(CN(C)C(=O)CSc2nnc(-c3cccnc3)n2C2CC2)cc1. The molecular formula is C22H25N5O2S. The van der Waals surface area contributed by atoms with Crippen molar-refractivity contribution in [2.24, 2.45) is 0 Å². The van der Waals surface area contributed by atoms with Gasteiger partial charge >= 0.3 is 0 Å². The minimum absolute atomic E-state index is 0.0576. The second kappa shape index (κ2) is 9.30. The number of pyridine rings is 1. The Morgan fingerprint density at radius 1 is 1.23 bits per heavy atom. The van der Waals surface area contributed by atoms with E-state index in [2.05, 4.69) is 19.7 Å². The molecule has 7 nitrogen and oxygen atoms in total. The number of hydrogen-bond acceptors (Lipinski definition) is 6. The lowest BCUT2D eigenvalue weighted by Crippen LogP contribution is -2.27. The van der Waals surface area contributed by atoms with Gasteiger partial charge in [0.05, 0.1) is 12.4 Å². The Kier molecular flexibility index (Phi) is 6.32. The maximum absolute atomic E-state index is 12.7. The van der Waals surface area contributed by atoms with Gasteiger partial charge in [-0.25, -0.2) is 0 Å². The lowest BCUT2D eigenvalue weighted by Gasteiger charge is -2.17. The van der Waals surface area contributed by atoms with E-state index in [0.717, 1.165) is 40.7 Å². The smallest absolute Gasteiger partial charge is 0.233 e. The van der Waals surface area contributed by atoms with Crippen LogP contribution in [0.4, 0.5) is 0 Å². The molecule has 0 bridgehead atoms. The summed E-state index contributed by atoms with van der Waals surface area (Å²) >= 11 is 1.44. The highest BCUT2D eigenvalue weighted by Gasteiger charge is 2.30. The summed E-state index contributed by atoms with van der Waals surface area (Å²) in [5, 5.41) is 9.53. The third-order valence-electron chi connectivity index (χ3n) is 4.90. The largest absolute Gasteiger partial charge is 0.494 e. The van der Waals surface area contributed by atoms with Crippen LogP contribution in [0, 0.1) is 0 Å². The average Bonchev–Trinajstić information content (AvgIpc) is 3.53. The zero-order valence-corrected chi connectivity index (χ0v) is 18.0. The Balaban J connectivity index is 1.38. The summed E-state index contributed by atoms with van der Waals surface area (Å²) in [5.41, 5.74) is 2.02. The zero-order chi connectivity index (χ0) is 20.9. The average molecular weight is 424 g/mol. The fraction of sp³-hybridized carbons (Fsp3) is 0.364. The standard InChI is InChI=1S/C22H25N5O2S/c1-3-29-19-10-6-16(7-11-19)14-26(2)20(28)15-30-22-25-24-21(27(22)18-8-9-18)17-5-4-12-23-13-17/h4-7,10-13,18H,3,8-9,14-15H2,1-2H3. The molecule has 156 valence electrons. The van der Waals surface area contributed by atoms with Crippen molar-refractivity contribution in [2.75, 3.05) is 19.4 Å². The van der Waals surface area contributed by atoms with Gasteiger partial charge in [-0.3, -0.25) is 14.3 Å². The number of thioether (sulfide) groups is 1. The third-order valence-corrected chi connectivity index (χ3v) is 5.83. The molecule has 0 spiro atoms. The molecule has 2 aromatic heterocycles. The van der Waals surface area contributed by atoms with Crippen LogP contribution in [-0.4, -0.2) is 50.0 Å². The molecule has 0 aliphatic heterocycles. The molecule has 1 aliphatic rings. The van der Waals surface area contributed by atoms with Crippen molar-refractivity contribution in [3.8, 4) is 17.1 Å². The van der Waals surface area contributed by atoms with Gasteiger partial charge in [-0.15, -0.1) is 10.2 Å². The Bertz CT molecular complexity index is 987. The second-order valence-corrected chi connectivity index (χ2v) is 8.21. The molecule has 1 amide bonds. The molecule has 1 aliphatic carbocycles. The number of aromatic nitrogens is 4. The quantitative estimate of drug-likeness (QED) is 0.487. The summed E-state index contributed by atoms with van der Waals surface area (Å²) in [7, 11) is 1.83. The molecule has 1 aromatic carbocycles. The topological polar surface area (TPSA) is 73.1 Å². The molecule has 3 aromatic rings. The number of amides is 1. The summed E-state index contributed by atoms with van der Waals surface area (Å²) in [4.78, 5) is 18.6. The second-order valence-electron chi connectivity index (χ2n) is 7.26. The van der Waals surface area contributed by atoms with Crippen LogP contribution in [0.5, 0.6) is 5.75 Å². The van der Waals surface area contributed by atoms with Gasteiger partial charge in [-0.05, 0) is 49.6 Å². The van der Waals surface area contributed by atoms with Gasteiger partial charge in [0.2, 0.25) is 5.91 Å². The summed E-state index contributed by atoms with van der Waals surface area (Å²) in [6.45, 7) is 3.16. The van der Waals surface area contributed by atoms with Gasteiger partial charge < -0.3 is 9.64 Å². The van der Waals surface area contributed by atoms with E-state index >= 15 is 0 Å². The van der Waals surface area contributed by atoms with Gasteiger partial charge in [0.25, 0.3) is 0 Å². The molecule has 0 atom stereocenters. The number of rotatable bonds is 9. The first-order chi connectivity index (χ1) is 14.7. The first kappa shape index (κ1) is 20.4. The molecule has 0 unspecified atom stereocenters. The monoisotopic (exact) mass is 423 g/mol. The molecule has 0 N–H and O–H groups in total. The molecule has 1 fully saturated rings. The van der Waals surface area contributed by atoms with Crippen molar-refractivity contribution in [1.29, 1.82) is 0 Å². The van der Waals surface area contributed by atoms with E-state index in [0.29, 0.717) is 24.9 Å². The van der Waals surface area contributed by atoms with Gasteiger partial charge in [-0.2, -0.15) is 0 Å². The van der Waals surface area contributed by atoms with E-state index in [9.17, 15) is 4.79 Å². The van der Waals surface area contributed by atoms with Crippen molar-refractivity contribution in [1.82, 2.24) is 24.6 Å². The lowest BCUT2D eigenvalue weighted by atomic mass is 10.2. The van der Waals surface area contributed by atoms with Crippen LogP contribution in [0.3, 0.4) is 0 Å². The van der Waals surface area contributed by atoms with E-state index in [4.69, 9.17) is 4.74 Å². The van der Waals surface area contributed by atoms with Gasteiger partial charge in [-0.1, -0.05) is 23.9 Å². The number of carbonyl (C=O) groups is 1. The highest BCUT2D eigenvalue weighted by Crippen LogP contribution is 2.40. The van der Waals surface area contributed by atoms with Crippen molar-refractivity contribution < 1.29 is 9.53 Å².